The molecule has 0 saturated carbocycles. The van der Waals surface area contributed by atoms with Gasteiger partial charge < -0.3 is 4.90 Å². The molecule has 12 heteroatoms. The molecule has 1 aliphatic heterocycles. The van der Waals surface area contributed by atoms with Crippen LogP contribution in [-0.4, -0.2) is 56.6 Å². The van der Waals surface area contributed by atoms with E-state index < -0.39 is 44.3 Å². The molecule has 1 heterocycles. The lowest BCUT2D eigenvalue weighted by molar-refractivity contribution is -0.385. The summed E-state index contributed by atoms with van der Waals surface area (Å²) in [6.45, 7) is 0.892. The fourth-order valence-corrected chi connectivity index (χ4v) is 3.56. The van der Waals surface area contributed by atoms with E-state index in [4.69, 9.17) is 5.14 Å². The Hall–Kier alpha value is -1.92. The second kappa shape index (κ2) is 6.77. The summed E-state index contributed by atoms with van der Waals surface area (Å²) in [5.41, 5.74) is -0.289. The number of nitro groups is 1. The van der Waals surface area contributed by atoms with Crippen molar-refractivity contribution in [3.8, 4) is 0 Å². The van der Waals surface area contributed by atoms with Gasteiger partial charge in [0, 0.05) is 37.8 Å². The molecule has 0 bridgehead atoms. The van der Waals surface area contributed by atoms with Gasteiger partial charge in [-0.25, -0.2) is 13.6 Å². The number of non-ortho nitro benzene ring substituents is 1. The van der Waals surface area contributed by atoms with Gasteiger partial charge >= 0.3 is 6.18 Å². The highest BCUT2D eigenvalue weighted by Gasteiger charge is 2.36. The Morgan fingerprint density at radius 1 is 1.36 bits per heavy atom. The predicted molar refractivity (Wildman–Crippen MR) is 83.8 cm³/mol. The molecule has 140 valence electrons. The van der Waals surface area contributed by atoms with E-state index in [2.05, 4.69) is 0 Å². The van der Waals surface area contributed by atoms with Crippen LogP contribution < -0.4 is 10.0 Å². The molecule has 8 nitrogen and oxygen atoms in total. The average Bonchev–Trinajstić information content (AvgIpc) is 2.46. The highest BCUT2D eigenvalue weighted by atomic mass is 32.2. The van der Waals surface area contributed by atoms with Gasteiger partial charge in [0.25, 0.3) is 5.69 Å². The number of hydrogen-bond acceptors (Lipinski definition) is 6. The highest BCUT2D eigenvalue weighted by Crippen LogP contribution is 2.31. The maximum absolute atomic E-state index is 12.6. The number of primary sulfonamides is 1. The molecule has 1 aromatic carbocycles. The van der Waals surface area contributed by atoms with Crippen LogP contribution in [0.5, 0.6) is 0 Å². The van der Waals surface area contributed by atoms with Crippen LogP contribution in [0.3, 0.4) is 0 Å². The first kappa shape index (κ1) is 19.4. The van der Waals surface area contributed by atoms with Gasteiger partial charge in [0.1, 0.15) is 4.90 Å². The van der Waals surface area contributed by atoms with Crippen molar-refractivity contribution < 1.29 is 26.5 Å². The van der Waals surface area contributed by atoms with Crippen LogP contribution >= 0.6 is 0 Å². The van der Waals surface area contributed by atoms with Crippen molar-refractivity contribution in [3.63, 3.8) is 0 Å². The largest absolute Gasteiger partial charge is 0.401 e. The Labute approximate surface area is 142 Å². The predicted octanol–water partition coefficient (Wildman–Crippen LogP) is 1.32. The zero-order valence-electron chi connectivity index (χ0n) is 13.2. The lowest BCUT2D eigenvalue weighted by Crippen LogP contribution is -2.54. The van der Waals surface area contributed by atoms with Crippen LogP contribution in [0, 0.1) is 10.1 Å². The number of sulfonamides is 1. The number of rotatable bonds is 4. The van der Waals surface area contributed by atoms with E-state index in [1.807, 2.05) is 0 Å². The van der Waals surface area contributed by atoms with E-state index in [-0.39, 0.29) is 25.3 Å². The molecule has 0 spiro atoms. The zero-order chi connectivity index (χ0) is 19.0. The number of nitro benzene ring substituents is 1. The number of hydrogen-bond donors (Lipinski definition) is 1. The summed E-state index contributed by atoms with van der Waals surface area (Å²) in [5.74, 6) is 0. The molecule has 0 aromatic heterocycles. The summed E-state index contributed by atoms with van der Waals surface area (Å²) in [6.07, 6.45) is -4.32. The minimum absolute atomic E-state index is 0.0712. The molecule has 2 rings (SSSR count). The molecule has 1 saturated heterocycles. The lowest BCUT2D eigenvalue weighted by atomic mass is 10.1. The van der Waals surface area contributed by atoms with Crippen LogP contribution in [0.1, 0.15) is 6.92 Å². The summed E-state index contributed by atoms with van der Waals surface area (Å²) < 4.78 is 61.2. The van der Waals surface area contributed by atoms with Crippen molar-refractivity contribution >= 4 is 21.4 Å². The highest BCUT2D eigenvalue weighted by molar-refractivity contribution is 7.89. The number of anilines is 1. The van der Waals surface area contributed by atoms with Gasteiger partial charge in [0.15, 0.2) is 0 Å². The first-order chi connectivity index (χ1) is 11.4. The Balaban J connectivity index is 2.30. The monoisotopic (exact) mass is 382 g/mol. The van der Waals surface area contributed by atoms with E-state index >= 15 is 0 Å². The zero-order valence-corrected chi connectivity index (χ0v) is 14.0. The van der Waals surface area contributed by atoms with Crippen LogP contribution in [-0.2, 0) is 10.0 Å². The number of halogens is 3. The summed E-state index contributed by atoms with van der Waals surface area (Å²) in [5, 5.41) is 16.0. The number of piperazine rings is 1. The van der Waals surface area contributed by atoms with E-state index in [0.717, 1.165) is 12.1 Å². The van der Waals surface area contributed by atoms with Crippen molar-refractivity contribution in [2.24, 2.45) is 5.14 Å². The quantitative estimate of drug-likeness (QED) is 0.621. The van der Waals surface area contributed by atoms with Gasteiger partial charge in [0.05, 0.1) is 17.2 Å². The topological polar surface area (TPSA) is 110 Å². The molecule has 2 N–H and O–H groups in total. The number of nitrogens with zero attached hydrogens (tertiary/aromatic N) is 3. The van der Waals surface area contributed by atoms with Crippen LogP contribution in [0.4, 0.5) is 24.5 Å². The van der Waals surface area contributed by atoms with Gasteiger partial charge in [0.2, 0.25) is 10.0 Å². The van der Waals surface area contributed by atoms with E-state index in [9.17, 15) is 31.7 Å². The minimum atomic E-state index is -4.32. The molecule has 1 atom stereocenters. The summed E-state index contributed by atoms with van der Waals surface area (Å²) in [6, 6.07) is 2.76. The lowest BCUT2D eigenvalue weighted by Gasteiger charge is -2.41. The van der Waals surface area contributed by atoms with Crippen LogP contribution in [0.25, 0.3) is 0 Å². The molecule has 1 unspecified atom stereocenters. The second-order valence-corrected chi connectivity index (χ2v) is 7.36. The van der Waals surface area contributed by atoms with Crippen molar-refractivity contribution in [3.05, 3.63) is 28.3 Å². The Kier molecular flexibility index (Phi) is 5.25. The fourth-order valence-electron chi connectivity index (χ4n) is 2.78. The molecular weight excluding hydrogens is 365 g/mol. The van der Waals surface area contributed by atoms with Gasteiger partial charge in [-0.15, -0.1) is 0 Å². The smallest absolute Gasteiger partial charge is 0.368 e. The Morgan fingerprint density at radius 3 is 2.48 bits per heavy atom. The third-order valence-corrected chi connectivity index (χ3v) is 4.89. The van der Waals surface area contributed by atoms with Crippen molar-refractivity contribution in [2.75, 3.05) is 31.1 Å². The van der Waals surface area contributed by atoms with Gasteiger partial charge in [-0.05, 0) is 13.0 Å². The van der Waals surface area contributed by atoms with E-state index in [1.165, 1.54) is 11.0 Å². The summed E-state index contributed by atoms with van der Waals surface area (Å²) in [7, 11) is -4.24. The van der Waals surface area contributed by atoms with Gasteiger partial charge in [-0.1, -0.05) is 0 Å². The van der Waals surface area contributed by atoms with Crippen LogP contribution in [0.15, 0.2) is 23.1 Å². The molecule has 1 aromatic rings. The molecule has 0 aliphatic carbocycles. The number of benzene rings is 1. The van der Waals surface area contributed by atoms with Gasteiger partial charge in [-0.2, -0.15) is 13.2 Å². The van der Waals surface area contributed by atoms with Crippen molar-refractivity contribution in [1.82, 2.24) is 4.90 Å². The minimum Gasteiger partial charge on any atom is -0.368 e. The van der Waals surface area contributed by atoms with E-state index in [1.54, 1.807) is 11.8 Å². The first-order valence-corrected chi connectivity index (χ1v) is 8.80. The standard InChI is InChI=1S/C13H17F3N4O4S/c1-9-7-18(4-5-19(9)8-13(14,15)16)11-3-2-10(20(21)22)6-12(11)25(17,23)24/h2-3,6,9H,4-5,7-8H2,1H3,(H2,17,23,24). The van der Waals surface area contributed by atoms with E-state index in [0.29, 0.717) is 0 Å². The van der Waals surface area contributed by atoms with Crippen molar-refractivity contribution in [1.29, 1.82) is 0 Å². The van der Waals surface area contributed by atoms with Crippen LogP contribution in [0.2, 0.25) is 0 Å². The number of alkyl halides is 3. The first-order valence-electron chi connectivity index (χ1n) is 7.25. The average molecular weight is 382 g/mol. The fraction of sp³-hybridized carbons (Fsp3) is 0.538. The third kappa shape index (κ3) is 4.80. The SMILES string of the molecule is CC1CN(c2ccc([N+](=O)[O-])cc2S(N)(=O)=O)CCN1CC(F)(F)F. The molecule has 1 aliphatic rings. The molecule has 0 radical (unpaired) electrons. The van der Waals surface area contributed by atoms with Crippen molar-refractivity contribution in [2.45, 2.75) is 24.0 Å². The maximum atomic E-state index is 12.6. The Bertz CT molecular complexity index is 769. The number of nitrogens with two attached hydrogens (primary N) is 1. The maximum Gasteiger partial charge on any atom is 0.401 e. The molecule has 25 heavy (non-hydrogen) atoms. The third-order valence-electron chi connectivity index (χ3n) is 3.95. The Morgan fingerprint density at radius 2 is 2.00 bits per heavy atom. The summed E-state index contributed by atoms with van der Waals surface area (Å²) in [4.78, 5) is 12.5. The molecule has 0 amide bonds. The van der Waals surface area contributed by atoms with Gasteiger partial charge in [-0.3, -0.25) is 15.0 Å². The normalized spacial score (nSPS) is 19.9. The molecule has 1 fully saturated rings. The summed E-state index contributed by atoms with van der Waals surface area (Å²) >= 11 is 0. The second-order valence-electron chi connectivity index (χ2n) is 5.83. The molecular formula is C13H17F3N4O4S.